The van der Waals surface area contributed by atoms with E-state index in [0.29, 0.717) is 5.75 Å². The number of hydrogen-bond acceptors (Lipinski definition) is 2. The Bertz CT molecular complexity index is 366. The minimum absolute atomic E-state index is 0.0554. The Balaban J connectivity index is 3.06. The van der Waals surface area contributed by atoms with Crippen LogP contribution in [0.4, 0.5) is 0 Å². The molecule has 0 bridgehead atoms. The minimum atomic E-state index is -0.0554. The predicted molar refractivity (Wildman–Crippen MR) is 59.1 cm³/mol. The number of terminal acetylenes is 1. The third kappa shape index (κ3) is 2.50. The summed E-state index contributed by atoms with van der Waals surface area (Å²) >= 11 is 3.35. The SMILES string of the molecule is C#CCOc1c(C)cc(Br)cc1CO. The number of benzene rings is 1. The zero-order valence-electron chi connectivity index (χ0n) is 7.88. The van der Waals surface area contributed by atoms with E-state index in [-0.39, 0.29) is 13.2 Å². The molecule has 0 heterocycles. The summed E-state index contributed by atoms with van der Waals surface area (Å²) < 4.78 is 6.27. The van der Waals surface area contributed by atoms with Crippen molar-refractivity contribution in [2.75, 3.05) is 6.61 Å². The van der Waals surface area contributed by atoms with Crippen molar-refractivity contribution in [3.63, 3.8) is 0 Å². The molecule has 0 fully saturated rings. The highest BCUT2D eigenvalue weighted by molar-refractivity contribution is 9.10. The Morgan fingerprint density at radius 3 is 2.86 bits per heavy atom. The molecule has 0 aliphatic carbocycles. The largest absolute Gasteiger partial charge is 0.480 e. The first-order chi connectivity index (χ1) is 6.69. The molecule has 0 aromatic heterocycles. The van der Waals surface area contributed by atoms with Crippen LogP contribution < -0.4 is 4.74 Å². The molecule has 0 aliphatic heterocycles. The second kappa shape index (κ2) is 5.04. The third-order valence-electron chi connectivity index (χ3n) is 1.79. The number of aliphatic hydroxyl groups is 1. The van der Waals surface area contributed by atoms with Gasteiger partial charge in [0.05, 0.1) is 6.61 Å². The van der Waals surface area contributed by atoms with Gasteiger partial charge in [-0.15, -0.1) is 6.42 Å². The van der Waals surface area contributed by atoms with E-state index in [9.17, 15) is 0 Å². The van der Waals surface area contributed by atoms with Gasteiger partial charge >= 0.3 is 0 Å². The van der Waals surface area contributed by atoms with Gasteiger partial charge < -0.3 is 9.84 Å². The third-order valence-corrected chi connectivity index (χ3v) is 2.24. The molecule has 0 aliphatic rings. The van der Waals surface area contributed by atoms with Crippen molar-refractivity contribution in [1.29, 1.82) is 0 Å². The Labute approximate surface area is 92.0 Å². The van der Waals surface area contributed by atoms with Crippen molar-refractivity contribution in [1.82, 2.24) is 0 Å². The number of ether oxygens (including phenoxy) is 1. The second-order valence-electron chi connectivity index (χ2n) is 2.86. The number of hydrogen-bond donors (Lipinski definition) is 1. The predicted octanol–water partition coefficient (Wildman–Crippen LogP) is 2.26. The molecule has 0 amide bonds. The van der Waals surface area contributed by atoms with Gasteiger partial charge in [-0.05, 0) is 24.6 Å². The lowest BCUT2D eigenvalue weighted by Crippen LogP contribution is -2.00. The highest BCUT2D eigenvalue weighted by Gasteiger charge is 2.07. The van der Waals surface area contributed by atoms with Gasteiger partial charge in [0.15, 0.2) is 0 Å². The van der Waals surface area contributed by atoms with Crippen LogP contribution in [0.2, 0.25) is 0 Å². The lowest BCUT2D eigenvalue weighted by atomic mass is 10.1. The lowest BCUT2D eigenvalue weighted by molar-refractivity contribution is 0.270. The molecule has 0 saturated heterocycles. The highest BCUT2D eigenvalue weighted by atomic mass is 79.9. The first kappa shape index (κ1) is 11.1. The topological polar surface area (TPSA) is 29.5 Å². The van der Waals surface area contributed by atoms with Crippen molar-refractivity contribution in [2.24, 2.45) is 0 Å². The van der Waals surface area contributed by atoms with Gasteiger partial charge in [-0.2, -0.15) is 0 Å². The average molecular weight is 255 g/mol. The van der Waals surface area contributed by atoms with E-state index in [1.54, 1.807) is 0 Å². The van der Waals surface area contributed by atoms with E-state index in [1.165, 1.54) is 0 Å². The van der Waals surface area contributed by atoms with Crippen LogP contribution in [0.3, 0.4) is 0 Å². The fourth-order valence-electron chi connectivity index (χ4n) is 1.24. The van der Waals surface area contributed by atoms with Gasteiger partial charge in [0.1, 0.15) is 12.4 Å². The molecular formula is C11H11BrO2. The first-order valence-corrected chi connectivity index (χ1v) is 4.94. The summed E-state index contributed by atoms with van der Waals surface area (Å²) in [5, 5.41) is 9.11. The van der Waals surface area contributed by atoms with E-state index >= 15 is 0 Å². The van der Waals surface area contributed by atoms with Crippen LogP contribution in [0.5, 0.6) is 5.75 Å². The average Bonchev–Trinajstić information content (AvgIpc) is 2.15. The molecule has 1 aromatic rings. The van der Waals surface area contributed by atoms with Gasteiger partial charge in [0.25, 0.3) is 0 Å². The standard InChI is InChI=1S/C11H11BrO2/c1-3-4-14-11-8(2)5-10(12)6-9(11)7-13/h1,5-6,13H,4,7H2,2H3. The quantitative estimate of drug-likeness (QED) is 0.839. The molecule has 0 saturated carbocycles. The van der Waals surface area contributed by atoms with Gasteiger partial charge in [0, 0.05) is 10.0 Å². The zero-order valence-corrected chi connectivity index (χ0v) is 9.47. The first-order valence-electron chi connectivity index (χ1n) is 4.15. The summed E-state index contributed by atoms with van der Waals surface area (Å²) in [6, 6.07) is 3.74. The van der Waals surface area contributed by atoms with Crippen molar-refractivity contribution in [2.45, 2.75) is 13.5 Å². The van der Waals surface area contributed by atoms with Crippen LogP contribution in [-0.2, 0) is 6.61 Å². The van der Waals surface area contributed by atoms with E-state index in [1.807, 2.05) is 19.1 Å². The van der Waals surface area contributed by atoms with E-state index in [4.69, 9.17) is 16.3 Å². The van der Waals surface area contributed by atoms with Crippen LogP contribution >= 0.6 is 15.9 Å². The monoisotopic (exact) mass is 254 g/mol. The summed E-state index contributed by atoms with van der Waals surface area (Å²) in [6.07, 6.45) is 5.10. The summed E-state index contributed by atoms with van der Waals surface area (Å²) in [5.41, 5.74) is 1.70. The Hall–Kier alpha value is -0.980. The summed E-state index contributed by atoms with van der Waals surface area (Å²) in [5.74, 6) is 3.07. The van der Waals surface area contributed by atoms with Crippen LogP contribution in [0.25, 0.3) is 0 Å². The maximum atomic E-state index is 9.11. The summed E-state index contributed by atoms with van der Waals surface area (Å²) in [4.78, 5) is 0. The molecule has 3 heteroatoms. The maximum Gasteiger partial charge on any atom is 0.148 e. The van der Waals surface area contributed by atoms with E-state index < -0.39 is 0 Å². The molecular weight excluding hydrogens is 244 g/mol. The lowest BCUT2D eigenvalue weighted by Gasteiger charge is -2.11. The second-order valence-corrected chi connectivity index (χ2v) is 3.78. The van der Waals surface area contributed by atoms with Gasteiger partial charge in [-0.25, -0.2) is 0 Å². The summed E-state index contributed by atoms with van der Waals surface area (Å²) in [7, 11) is 0. The van der Waals surface area contributed by atoms with Crippen LogP contribution in [-0.4, -0.2) is 11.7 Å². The van der Waals surface area contributed by atoms with Crippen LogP contribution in [0.15, 0.2) is 16.6 Å². The fraction of sp³-hybridized carbons (Fsp3) is 0.273. The molecule has 0 unspecified atom stereocenters. The van der Waals surface area contributed by atoms with Crippen molar-refractivity contribution in [3.05, 3.63) is 27.7 Å². The smallest absolute Gasteiger partial charge is 0.148 e. The Kier molecular flexibility index (Phi) is 3.99. The number of aliphatic hydroxyl groups excluding tert-OH is 1. The van der Waals surface area contributed by atoms with E-state index in [2.05, 4.69) is 21.9 Å². The van der Waals surface area contributed by atoms with Gasteiger partial charge in [-0.1, -0.05) is 21.9 Å². The van der Waals surface area contributed by atoms with Crippen LogP contribution in [0.1, 0.15) is 11.1 Å². The minimum Gasteiger partial charge on any atom is -0.480 e. The van der Waals surface area contributed by atoms with Crippen molar-refractivity contribution < 1.29 is 9.84 Å². The molecule has 0 atom stereocenters. The summed E-state index contributed by atoms with van der Waals surface area (Å²) in [6.45, 7) is 2.07. The Morgan fingerprint density at radius 2 is 2.29 bits per heavy atom. The van der Waals surface area contributed by atoms with Crippen molar-refractivity contribution >= 4 is 15.9 Å². The Morgan fingerprint density at radius 1 is 1.57 bits per heavy atom. The number of aryl methyl sites for hydroxylation is 1. The van der Waals surface area contributed by atoms with Crippen molar-refractivity contribution in [3.8, 4) is 18.1 Å². The molecule has 1 N–H and O–H groups in total. The normalized spacial score (nSPS) is 9.57. The fourth-order valence-corrected chi connectivity index (χ4v) is 1.86. The molecule has 1 aromatic carbocycles. The zero-order chi connectivity index (χ0) is 10.6. The number of halogens is 1. The molecule has 0 spiro atoms. The molecule has 74 valence electrons. The van der Waals surface area contributed by atoms with Gasteiger partial charge in [0.2, 0.25) is 0 Å². The molecule has 1 rings (SSSR count). The highest BCUT2D eigenvalue weighted by Crippen LogP contribution is 2.27. The van der Waals surface area contributed by atoms with E-state index in [0.717, 1.165) is 15.6 Å². The molecule has 2 nitrogen and oxygen atoms in total. The van der Waals surface area contributed by atoms with Crippen LogP contribution in [0, 0.1) is 19.3 Å². The van der Waals surface area contributed by atoms with Gasteiger partial charge in [-0.3, -0.25) is 0 Å². The number of rotatable bonds is 3. The molecule has 14 heavy (non-hydrogen) atoms. The molecule has 0 radical (unpaired) electrons. The maximum absolute atomic E-state index is 9.11.